The standard InChI is InChI=1S/C15H18BrNOS/c1-2-9-17-13(14-7-5-10-18-14)11-19-15-8-4-3-6-12(15)16/h3-8,10,13,17H,2,9,11H2,1H3. The van der Waals surface area contributed by atoms with E-state index in [9.17, 15) is 0 Å². The topological polar surface area (TPSA) is 25.2 Å². The van der Waals surface area contributed by atoms with Crippen LogP contribution < -0.4 is 5.32 Å². The van der Waals surface area contributed by atoms with Gasteiger partial charge in [-0.05, 0) is 53.2 Å². The van der Waals surface area contributed by atoms with Crippen molar-refractivity contribution in [3.8, 4) is 0 Å². The number of hydrogen-bond donors (Lipinski definition) is 1. The highest BCUT2D eigenvalue weighted by Crippen LogP contribution is 2.30. The molecule has 0 aliphatic carbocycles. The van der Waals surface area contributed by atoms with Crippen molar-refractivity contribution in [3.05, 3.63) is 52.9 Å². The zero-order valence-corrected chi connectivity index (χ0v) is 13.3. The molecule has 0 amide bonds. The van der Waals surface area contributed by atoms with Crippen LogP contribution in [0.25, 0.3) is 0 Å². The van der Waals surface area contributed by atoms with Crippen LogP contribution in [0.5, 0.6) is 0 Å². The molecule has 0 radical (unpaired) electrons. The van der Waals surface area contributed by atoms with Crippen molar-refractivity contribution >= 4 is 27.7 Å². The maximum atomic E-state index is 5.52. The minimum absolute atomic E-state index is 0.257. The molecule has 2 nitrogen and oxygen atoms in total. The van der Waals surface area contributed by atoms with Crippen LogP contribution in [0.3, 0.4) is 0 Å². The van der Waals surface area contributed by atoms with E-state index in [0.29, 0.717) is 0 Å². The first-order valence-electron chi connectivity index (χ1n) is 6.45. The summed E-state index contributed by atoms with van der Waals surface area (Å²) in [6.45, 7) is 3.18. The van der Waals surface area contributed by atoms with Crippen LogP contribution in [-0.2, 0) is 0 Å². The Balaban J connectivity index is 1.99. The van der Waals surface area contributed by atoms with Crippen molar-refractivity contribution in [1.29, 1.82) is 0 Å². The minimum Gasteiger partial charge on any atom is -0.468 e. The summed E-state index contributed by atoms with van der Waals surface area (Å²) in [5.41, 5.74) is 0. The van der Waals surface area contributed by atoms with E-state index in [1.807, 2.05) is 30.0 Å². The monoisotopic (exact) mass is 339 g/mol. The summed E-state index contributed by atoms with van der Waals surface area (Å²) in [4.78, 5) is 1.26. The van der Waals surface area contributed by atoms with Crippen molar-refractivity contribution in [1.82, 2.24) is 5.32 Å². The Morgan fingerprint density at radius 2 is 2.11 bits per heavy atom. The Morgan fingerprint density at radius 3 is 2.79 bits per heavy atom. The Labute approximate surface area is 127 Å². The van der Waals surface area contributed by atoms with Gasteiger partial charge in [0.1, 0.15) is 5.76 Å². The van der Waals surface area contributed by atoms with E-state index in [1.165, 1.54) is 4.90 Å². The fourth-order valence-corrected chi connectivity index (χ4v) is 3.42. The summed E-state index contributed by atoms with van der Waals surface area (Å²) >= 11 is 5.42. The molecule has 2 aromatic rings. The maximum absolute atomic E-state index is 5.52. The first-order valence-corrected chi connectivity index (χ1v) is 8.23. The van der Waals surface area contributed by atoms with Gasteiger partial charge in [0.15, 0.2) is 0 Å². The van der Waals surface area contributed by atoms with Crippen molar-refractivity contribution in [3.63, 3.8) is 0 Å². The molecule has 0 bridgehead atoms. The van der Waals surface area contributed by atoms with Crippen LogP contribution in [0, 0.1) is 0 Å². The molecule has 0 fully saturated rings. The van der Waals surface area contributed by atoms with Gasteiger partial charge in [-0.1, -0.05) is 19.1 Å². The lowest BCUT2D eigenvalue weighted by Crippen LogP contribution is -2.23. The second-order valence-corrected chi connectivity index (χ2v) is 6.18. The highest BCUT2D eigenvalue weighted by atomic mass is 79.9. The molecule has 0 aliphatic heterocycles. The molecular weight excluding hydrogens is 322 g/mol. The van der Waals surface area contributed by atoms with Crippen molar-refractivity contribution in [2.24, 2.45) is 0 Å². The zero-order chi connectivity index (χ0) is 13.5. The predicted molar refractivity (Wildman–Crippen MR) is 84.6 cm³/mol. The van der Waals surface area contributed by atoms with Gasteiger partial charge in [-0.3, -0.25) is 0 Å². The Morgan fingerprint density at radius 1 is 1.26 bits per heavy atom. The molecule has 1 unspecified atom stereocenters. The van der Waals surface area contributed by atoms with Gasteiger partial charge in [-0.15, -0.1) is 11.8 Å². The van der Waals surface area contributed by atoms with Gasteiger partial charge in [0.25, 0.3) is 0 Å². The highest BCUT2D eigenvalue weighted by molar-refractivity contribution is 9.10. The predicted octanol–water partition coefficient (Wildman–Crippen LogP) is 4.88. The molecule has 19 heavy (non-hydrogen) atoms. The second-order valence-electron chi connectivity index (χ2n) is 4.26. The second kappa shape index (κ2) is 7.78. The van der Waals surface area contributed by atoms with Crippen LogP contribution in [0.2, 0.25) is 0 Å². The lowest BCUT2D eigenvalue weighted by Gasteiger charge is -2.16. The van der Waals surface area contributed by atoms with Crippen LogP contribution in [0.15, 0.2) is 56.4 Å². The summed E-state index contributed by atoms with van der Waals surface area (Å²) in [5.74, 6) is 1.96. The third-order valence-electron chi connectivity index (χ3n) is 2.77. The van der Waals surface area contributed by atoms with E-state index in [2.05, 4.69) is 46.4 Å². The van der Waals surface area contributed by atoms with Gasteiger partial charge in [0.05, 0.1) is 12.3 Å². The summed E-state index contributed by atoms with van der Waals surface area (Å²) in [6, 6.07) is 12.5. The first-order chi connectivity index (χ1) is 9.31. The molecule has 1 aromatic carbocycles. The molecule has 1 N–H and O–H groups in total. The molecular formula is C15H18BrNOS. The number of rotatable bonds is 7. The van der Waals surface area contributed by atoms with Gasteiger partial charge < -0.3 is 9.73 Å². The summed E-state index contributed by atoms with van der Waals surface area (Å²) in [7, 11) is 0. The van der Waals surface area contributed by atoms with Crippen molar-refractivity contribution in [2.75, 3.05) is 12.3 Å². The molecule has 2 rings (SSSR count). The molecule has 0 saturated heterocycles. The van der Waals surface area contributed by atoms with E-state index in [1.54, 1.807) is 6.26 Å². The van der Waals surface area contributed by atoms with Crippen LogP contribution in [-0.4, -0.2) is 12.3 Å². The van der Waals surface area contributed by atoms with Crippen LogP contribution in [0.1, 0.15) is 25.1 Å². The average molecular weight is 340 g/mol. The van der Waals surface area contributed by atoms with Crippen molar-refractivity contribution < 1.29 is 4.42 Å². The SMILES string of the molecule is CCCNC(CSc1ccccc1Br)c1ccco1. The Bertz CT molecular complexity index is 487. The van der Waals surface area contributed by atoms with E-state index in [0.717, 1.165) is 29.0 Å². The summed E-state index contributed by atoms with van der Waals surface area (Å²) in [6.07, 6.45) is 2.86. The minimum atomic E-state index is 0.257. The number of halogens is 1. The fraction of sp³-hybridized carbons (Fsp3) is 0.333. The normalized spacial score (nSPS) is 12.5. The lowest BCUT2D eigenvalue weighted by molar-refractivity contribution is 0.435. The average Bonchev–Trinajstić information content (AvgIpc) is 2.94. The first kappa shape index (κ1) is 14.7. The largest absolute Gasteiger partial charge is 0.468 e. The van der Waals surface area contributed by atoms with Crippen LogP contribution >= 0.6 is 27.7 Å². The van der Waals surface area contributed by atoms with E-state index >= 15 is 0 Å². The van der Waals surface area contributed by atoms with Gasteiger partial charge >= 0.3 is 0 Å². The quantitative estimate of drug-likeness (QED) is 0.728. The smallest absolute Gasteiger partial charge is 0.121 e. The molecule has 1 atom stereocenters. The number of hydrogen-bond acceptors (Lipinski definition) is 3. The molecule has 1 aromatic heterocycles. The molecule has 0 saturated carbocycles. The zero-order valence-electron chi connectivity index (χ0n) is 10.9. The highest BCUT2D eigenvalue weighted by Gasteiger charge is 2.14. The third kappa shape index (κ3) is 4.41. The van der Waals surface area contributed by atoms with Gasteiger partial charge in [-0.2, -0.15) is 0 Å². The van der Waals surface area contributed by atoms with E-state index in [-0.39, 0.29) is 6.04 Å². The number of nitrogens with one attached hydrogen (secondary N) is 1. The Hall–Kier alpha value is -0.710. The van der Waals surface area contributed by atoms with Crippen LogP contribution in [0.4, 0.5) is 0 Å². The molecule has 4 heteroatoms. The number of benzene rings is 1. The molecule has 102 valence electrons. The number of thioether (sulfide) groups is 1. The lowest BCUT2D eigenvalue weighted by atomic mass is 10.2. The van der Waals surface area contributed by atoms with E-state index in [4.69, 9.17) is 4.42 Å². The van der Waals surface area contributed by atoms with Gasteiger partial charge in [0.2, 0.25) is 0 Å². The molecule has 0 aliphatic rings. The van der Waals surface area contributed by atoms with E-state index < -0.39 is 0 Å². The fourth-order valence-electron chi connectivity index (χ4n) is 1.78. The Kier molecular flexibility index (Phi) is 6.01. The van der Waals surface area contributed by atoms with Gasteiger partial charge in [-0.25, -0.2) is 0 Å². The molecule has 1 heterocycles. The maximum Gasteiger partial charge on any atom is 0.121 e. The number of furan rings is 1. The van der Waals surface area contributed by atoms with Gasteiger partial charge in [0, 0.05) is 15.1 Å². The summed E-state index contributed by atoms with van der Waals surface area (Å²) < 4.78 is 6.67. The summed E-state index contributed by atoms with van der Waals surface area (Å²) in [5, 5.41) is 3.53. The third-order valence-corrected chi connectivity index (χ3v) is 4.89. The van der Waals surface area contributed by atoms with Crippen molar-refractivity contribution in [2.45, 2.75) is 24.3 Å². The molecule has 0 spiro atoms.